The quantitative estimate of drug-likeness (QED) is 0.365. The molecule has 2 aromatic heterocycles. The molecule has 144 valence electrons. The third-order valence-corrected chi connectivity index (χ3v) is 4.59. The minimum Gasteiger partial charge on any atom is -0.544 e. The lowest BCUT2D eigenvalue weighted by Gasteiger charge is -2.04. The average Bonchev–Trinajstić information content (AvgIpc) is 3.36. The molecule has 0 radical (unpaired) electrons. The fourth-order valence-electron chi connectivity index (χ4n) is 2.34. The normalized spacial score (nSPS) is 11.4. The van der Waals surface area contributed by atoms with Crippen molar-refractivity contribution in [1.82, 2.24) is 15.2 Å². The lowest BCUT2D eigenvalue weighted by atomic mass is 10.1. The Hall–Kier alpha value is -3.33. The Morgan fingerprint density at radius 2 is 2.14 bits per heavy atom. The molecule has 8 nitrogen and oxygen atoms in total. The van der Waals surface area contributed by atoms with E-state index in [0.29, 0.717) is 34.9 Å². The number of aromatic amines is 1. The molecule has 3 aromatic rings. The number of H-pyrrole nitrogens is 1. The van der Waals surface area contributed by atoms with Gasteiger partial charge in [-0.25, -0.2) is 9.78 Å². The zero-order valence-electron chi connectivity index (χ0n) is 15.1. The third-order valence-electron chi connectivity index (χ3n) is 3.72. The smallest absolute Gasteiger partial charge is 0.337 e. The fourth-order valence-corrected chi connectivity index (χ4v) is 3.04. The minimum absolute atomic E-state index is 0.0918. The van der Waals surface area contributed by atoms with Gasteiger partial charge >= 0.3 is 5.97 Å². The monoisotopic (exact) mass is 398 g/mol. The van der Waals surface area contributed by atoms with Gasteiger partial charge in [0.1, 0.15) is 17.3 Å². The SMILES string of the molecule is CCc1nc(S/C(=C/c2ccc(-c3cccc(C(=O)OC)c3)o2)C(=O)[O-])n[nH]1. The summed E-state index contributed by atoms with van der Waals surface area (Å²) >= 11 is 0.867. The highest BCUT2D eigenvalue weighted by atomic mass is 32.2. The van der Waals surface area contributed by atoms with Crippen LogP contribution in [0.4, 0.5) is 0 Å². The number of carbonyl (C=O) groups is 2. The van der Waals surface area contributed by atoms with Crippen molar-refractivity contribution in [3.63, 3.8) is 0 Å². The highest BCUT2D eigenvalue weighted by Gasteiger charge is 2.12. The van der Waals surface area contributed by atoms with Crippen LogP contribution in [0.2, 0.25) is 0 Å². The average molecular weight is 398 g/mol. The summed E-state index contributed by atoms with van der Waals surface area (Å²) in [6.45, 7) is 1.91. The van der Waals surface area contributed by atoms with Crippen LogP contribution >= 0.6 is 11.8 Å². The lowest BCUT2D eigenvalue weighted by Crippen LogP contribution is -2.23. The Balaban J connectivity index is 1.85. The van der Waals surface area contributed by atoms with E-state index in [4.69, 9.17) is 9.15 Å². The zero-order chi connectivity index (χ0) is 20.1. The van der Waals surface area contributed by atoms with Crippen LogP contribution < -0.4 is 5.11 Å². The number of furan rings is 1. The maximum Gasteiger partial charge on any atom is 0.337 e. The number of esters is 1. The first-order valence-electron chi connectivity index (χ1n) is 8.31. The second kappa shape index (κ2) is 8.57. The first-order valence-corrected chi connectivity index (χ1v) is 9.12. The van der Waals surface area contributed by atoms with Gasteiger partial charge in [0.15, 0.2) is 0 Å². The first kappa shape index (κ1) is 19.4. The van der Waals surface area contributed by atoms with E-state index < -0.39 is 11.9 Å². The molecule has 9 heteroatoms. The molecular weight excluding hydrogens is 382 g/mol. The fraction of sp³-hybridized carbons (Fsp3) is 0.158. The van der Waals surface area contributed by atoms with Gasteiger partial charge in [-0.05, 0) is 42.1 Å². The number of thioether (sulfide) groups is 1. The van der Waals surface area contributed by atoms with Crippen LogP contribution in [0.3, 0.4) is 0 Å². The molecule has 0 amide bonds. The van der Waals surface area contributed by atoms with Gasteiger partial charge < -0.3 is 19.1 Å². The standard InChI is InChI=1S/C19H17N3O5S/c1-3-16-20-19(22-21-16)28-15(17(23)24)10-13-7-8-14(27-13)11-5-4-6-12(9-11)18(25)26-2/h4-10H,3H2,1-2H3,(H,23,24)(H,20,21,22)/p-1/b15-10+. The van der Waals surface area contributed by atoms with Crippen molar-refractivity contribution < 1.29 is 23.8 Å². The van der Waals surface area contributed by atoms with Crippen molar-refractivity contribution in [2.75, 3.05) is 7.11 Å². The minimum atomic E-state index is -1.36. The van der Waals surface area contributed by atoms with Crippen molar-refractivity contribution >= 4 is 29.8 Å². The summed E-state index contributed by atoms with van der Waals surface area (Å²) in [7, 11) is 1.31. The number of benzene rings is 1. The van der Waals surface area contributed by atoms with Crippen LogP contribution in [-0.2, 0) is 16.0 Å². The van der Waals surface area contributed by atoms with E-state index in [0.717, 1.165) is 11.8 Å². The number of carboxylic acids is 1. The highest BCUT2D eigenvalue weighted by Crippen LogP contribution is 2.28. The Morgan fingerprint density at radius 3 is 2.82 bits per heavy atom. The molecule has 28 heavy (non-hydrogen) atoms. The molecule has 2 heterocycles. The second-order valence-electron chi connectivity index (χ2n) is 5.59. The summed E-state index contributed by atoms with van der Waals surface area (Å²) in [5.74, 6) is -0.367. The molecule has 0 aliphatic heterocycles. The van der Waals surface area contributed by atoms with Crippen LogP contribution in [0.25, 0.3) is 17.4 Å². The van der Waals surface area contributed by atoms with Gasteiger partial charge in [0.05, 0.1) is 18.6 Å². The number of nitrogens with one attached hydrogen (secondary N) is 1. The molecule has 3 rings (SSSR count). The number of methoxy groups -OCH3 is 1. The summed E-state index contributed by atoms with van der Waals surface area (Å²) in [6, 6.07) is 10.0. The van der Waals surface area contributed by atoms with E-state index in [1.54, 1.807) is 36.4 Å². The molecule has 0 atom stereocenters. The number of aromatic nitrogens is 3. The zero-order valence-corrected chi connectivity index (χ0v) is 15.9. The van der Waals surface area contributed by atoms with Crippen molar-refractivity contribution in [2.24, 2.45) is 0 Å². The molecule has 0 fully saturated rings. The van der Waals surface area contributed by atoms with Crippen LogP contribution in [0.1, 0.15) is 28.9 Å². The Kier molecular flexibility index (Phi) is 5.95. The summed E-state index contributed by atoms with van der Waals surface area (Å²) < 4.78 is 10.4. The Morgan fingerprint density at radius 1 is 1.32 bits per heavy atom. The van der Waals surface area contributed by atoms with Crippen molar-refractivity contribution in [2.45, 2.75) is 18.5 Å². The third kappa shape index (κ3) is 4.49. The van der Waals surface area contributed by atoms with E-state index in [9.17, 15) is 14.7 Å². The molecule has 1 aromatic carbocycles. The van der Waals surface area contributed by atoms with Gasteiger partial charge in [0, 0.05) is 16.9 Å². The maximum absolute atomic E-state index is 11.7. The predicted molar refractivity (Wildman–Crippen MR) is 100 cm³/mol. The number of carbonyl (C=O) groups excluding carboxylic acids is 2. The molecule has 1 N–H and O–H groups in total. The van der Waals surface area contributed by atoms with Gasteiger partial charge in [0.25, 0.3) is 0 Å². The van der Waals surface area contributed by atoms with Gasteiger partial charge in [0.2, 0.25) is 5.16 Å². The number of hydrogen-bond acceptors (Lipinski definition) is 8. The number of aliphatic carboxylic acids is 1. The molecule has 0 saturated carbocycles. The number of rotatable bonds is 7. The van der Waals surface area contributed by atoms with Gasteiger partial charge in [-0.2, -0.15) is 0 Å². The largest absolute Gasteiger partial charge is 0.544 e. The molecular formula is C19H16N3O5S-. The van der Waals surface area contributed by atoms with Crippen LogP contribution in [-0.4, -0.2) is 34.2 Å². The van der Waals surface area contributed by atoms with Crippen LogP contribution in [0.5, 0.6) is 0 Å². The molecule has 0 aliphatic rings. The first-order chi connectivity index (χ1) is 13.5. The van der Waals surface area contributed by atoms with Crippen molar-refractivity contribution in [1.29, 1.82) is 0 Å². The Bertz CT molecular complexity index is 1040. The predicted octanol–water partition coefficient (Wildman–Crippen LogP) is 2.30. The molecule has 0 saturated heterocycles. The van der Waals surface area contributed by atoms with Crippen molar-refractivity contribution in [3.05, 3.63) is 58.5 Å². The van der Waals surface area contributed by atoms with E-state index in [2.05, 4.69) is 15.2 Å². The molecule has 0 aliphatic carbocycles. The maximum atomic E-state index is 11.7. The summed E-state index contributed by atoms with van der Waals surface area (Å²) in [5.41, 5.74) is 1.04. The van der Waals surface area contributed by atoms with Crippen LogP contribution in [0, 0.1) is 0 Å². The number of aryl methyl sites for hydroxylation is 1. The van der Waals surface area contributed by atoms with Crippen LogP contribution in [0.15, 0.2) is 50.9 Å². The van der Waals surface area contributed by atoms with E-state index >= 15 is 0 Å². The summed E-state index contributed by atoms with van der Waals surface area (Å²) in [6.07, 6.45) is 2.00. The van der Waals surface area contributed by atoms with E-state index in [-0.39, 0.29) is 10.1 Å². The molecule has 0 spiro atoms. The van der Waals surface area contributed by atoms with Crippen molar-refractivity contribution in [3.8, 4) is 11.3 Å². The second-order valence-corrected chi connectivity index (χ2v) is 6.60. The summed E-state index contributed by atoms with van der Waals surface area (Å²) in [4.78, 5) is 27.2. The topological polar surface area (TPSA) is 121 Å². The number of carboxylic acid groups (broad SMARTS) is 1. The summed E-state index contributed by atoms with van der Waals surface area (Å²) in [5, 5.41) is 18.4. The van der Waals surface area contributed by atoms with E-state index in [1.807, 2.05) is 6.92 Å². The molecule has 0 bridgehead atoms. The van der Waals surface area contributed by atoms with Gasteiger partial charge in [-0.15, -0.1) is 5.10 Å². The van der Waals surface area contributed by atoms with Gasteiger partial charge in [-0.1, -0.05) is 19.1 Å². The number of ether oxygens (including phenoxy) is 1. The van der Waals surface area contributed by atoms with E-state index in [1.165, 1.54) is 13.2 Å². The lowest BCUT2D eigenvalue weighted by molar-refractivity contribution is -0.298. The number of hydrogen-bond donors (Lipinski definition) is 1. The molecule has 0 unspecified atom stereocenters. The Labute approximate surface area is 164 Å². The van der Waals surface area contributed by atoms with Gasteiger partial charge in [-0.3, -0.25) is 5.10 Å². The highest BCUT2D eigenvalue weighted by molar-refractivity contribution is 8.04. The number of nitrogens with zero attached hydrogens (tertiary/aromatic N) is 2.